The Morgan fingerprint density at radius 3 is 2.48 bits per heavy atom. The molecule has 2 rings (SSSR count). The first kappa shape index (κ1) is 25.1. The van der Waals surface area contributed by atoms with Gasteiger partial charge in [-0.25, -0.2) is 17.5 Å². The average Bonchev–Trinajstić information content (AvgIpc) is 2.68. The maximum Gasteiger partial charge on any atom is 0.240 e. The summed E-state index contributed by atoms with van der Waals surface area (Å²) in [6.07, 6.45) is -0.225. The molecule has 0 heterocycles. The van der Waals surface area contributed by atoms with Gasteiger partial charge in [0.15, 0.2) is 5.96 Å². The number of hydrogen-bond donors (Lipinski definition) is 3. The van der Waals surface area contributed by atoms with Gasteiger partial charge in [-0.05, 0) is 31.2 Å². The van der Waals surface area contributed by atoms with Crippen LogP contribution >= 0.6 is 24.0 Å². The molecule has 0 spiro atoms. The Labute approximate surface area is 188 Å². The number of ether oxygens (including phenoxy) is 1. The van der Waals surface area contributed by atoms with Crippen molar-refractivity contribution in [2.75, 3.05) is 26.7 Å². The van der Waals surface area contributed by atoms with Crippen LogP contribution < -0.4 is 20.1 Å². The number of nitrogens with one attached hydrogen (secondary N) is 3. The van der Waals surface area contributed by atoms with Crippen molar-refractivity contribution in [1.29, 1.82) is 0 Å². The van der Waals surface area contributed by atoms with E-state index in [1.165, 1.54) is 24.3 Å². The second-order valence-corrected chi connectivity index (χ2v) is 7.74. The normalized spacial score (nSPS) is 12.6. The first-order valence-electron chi connectivity index (χ1n) is 8.82. The Morgan fingerprint density at radius 2 is 1.83 bits per heavy atom. The summed E-state index contributed by atoms with van der Waals surface area (Å²) in [7, 11) is -1.92. The minimum atomic E-state index is -3.53. The van der Waals surface area contributed by atoms with Crippen molar-refractivity contribution < 1.29 is 17.5 Å². The van der Waals surface area contributed by atoms with Gasteiger partial charge in [0.2, 0.25) is 10.0 Å². The maximum absolute atomic E-state index is 13.2. The minimum Gasteiger partial charge on any atom is -0.489 e. The molecule has 0 aliphatic carbocycles. The van der Waals surface area contributed by atoms with Crippen LogP contribution in [0.2, 0.25) is 0 Å². The Hall–Kier alpha value is -1.92. The van der Waals surface area contributed by atoms with Crippen LogP contribution in [0.3, 0.4) is 0 Å². The topological polar surface area (TPSA) is 91.8 Å². The zero-order chi connectivity index (χ0) is 20.4. The molecule has 0 saturated heterocycles. The summed E-state index contributed by atoms with van der Waals surface area (Å²) in [4.78, 5) is 4.30. The summed E-state index contributed by atoms with van der Waals surface area (Å²) in [5.41, 5.74) is 0. The molecule has 0 saturated carbocycles. The van der Waals surface area contributed by atoms with Crippen molar-refractivity contribution in [3.63, 3.8) is 0 Å². The number of hydrogen-bond acceptors (Lipinski definition) is 4. The van der Waals surface area contributed by atoms with Crippen molar-refractivity contribution in [2.45, 2.75) is 17.9 Å². The summed E-state index contributed by atoms with van der Waals surface area (Å²) in [5, 5.41) is 6.09. The lowest BCUT2D eigenvalue weighted by molar-refractivity contribution is 0.223. The molecule has 1 atom stereocenters. The summed E-state index contributed by atoms with van der Waals surface area (Å²) < 4.78 is 45.6. The highest BCUT2D eigenvalue weighted by Gasteiger charge is 2.12. The summed E-state index contributed by atoms with van der Waals surface area (Å²) >= 11 is 0. The molecule has 0 aliphatic heterocycles. The zero-order valence-corrected chi connectivity index (χ0v) is 19.4. The van der Waals surface area contributed by atoms with E-state index in [1.54, 1.807) is 37.4 Å². The molecule has 0 bridgehead atoms. The van der Waals surface area contributed by atoms with Crippen molar-refractivity contribution in [1.82, 2.24) is 15.4 Å². The standard InChI is InChI=1S/C19H25FN4O3S.HI/c1-15(27-17-8-6-7-16(20)13-17)14-23-19(21-2)22-11-12-24-28(25,26)18-9-4-3-5-10-18;/h3-10,13,15,24H,11-12,14H2,1-2H3,(H2,21,22,23);1H. The molecule has 0 fully saturated rings. The Kier molecular flexibility index (Phi) is 10.9. The number of nitrogens with zero attached hydrogens (tertiary/aromatic N) is 1. The van der Waals surface area contributed by atoms with Gasteiger partial charge in [-0.15, -0.1) is 24.0 Å². The van der Waals surface area contributed by atoms with Crippen molar-refractivity contribution in [3.8, 4) is 5.75 Å². The van der Waals surface area contributed by atoms with E-state index in [-0.39, 0.29) is 47.3 Å². The SMILES string of the molecule is CN=C(NCCNS(=O)(=O)c1ccccc1)NCC(C)Oc1cccc(F)c1.I. The van der Waals surface area contributed by atoms with Gasteiger partial charge >= 0.3 is 0 Å². The lowest BCUT2D eigenvalue weighted by Crippen LogP contribution is -2.44. The van der Waals surface area contributed by atoms with Gasteiger partial charge in [0, 0.05) is 26.2 Å². The van der Waals surface area contributed by atoms with Crippen LogP contribution in [-0.4, -0.2) is 47.2 Å². The summed E-state index contributed by atoms with van der Waals surface area (Å²) in [5.74, 6) is 0.606. The number of aliphatic imine (C=N–C) groups is 1. The molecule has 2 aromatic rings. The summed E-state index contributed by atoms with van der Waals surface area (Å²) in [6, 6.07) is 14.1. The monoisotopic (exact) mass is 536 g/mol. The zero-order valence-electron chi connectivity index (χ0n) is 16.3. The molecule has 0 radical (unpaired) electrons. The Bertz CT molecular complexity index is 882. The minimum absolute atomic E-state index is 0. The molecule has 3 N–H and O–H groups in total. The average molecular weight is 536 g/mol. The third-order valence-electron chi connectivity index (χ3n) is 3.68. The van der Waals surface area contributed by atoms with Crippen LogP contribution in [0.1, 0.15) is 6.92 Å². The highest BCUT2D eigenvalue weighted by Crippen LogP contribution is 2.13. The van der Waals surface area contributed by atoms with Gasteiger partial charge in [-0.3, -0.25) is 4.99 Å². The number of halogens is 2. The predicted molar refractivity (Wildman–Crippen MR) is 123 cm³/mol. The summed E-state index contributed by atoms with van der Waals surface area (Å²) in [6.45, 7) is 2.84. The van der Waals surface area contributed by atoms with Gasteiger partial charge in [0.25, 0.3) is 0 Å². The fourth-order valence-electron chi connectivity index (χ4n) is 2.32. The number of rotatable bonds is 9. The largest absolute Gasteiger partial charge is 0.489 e. The second-order valence-electron chi connectivity index (χ2n) is 5.98. The van der Waals surface area contributed by atoms with Crippen LogP contribution in [0, 0.1) is 5.82 Å². The van der Waals surface area contributed by atoms with Crippen molar-refractivity contribution in [3.05, 3.63) is 60.4 Å². The molecule has 1 unspecified atom stereocenters. The fourth-order valence-corrected chi connectivity index (χ4v) is 3.38. The maximum atomic E-state index is 13.2. The molecule has 160 valence electrons. The lowest BCUT2D eigenvalue weighted by Gasteiger charge is -2.18. The number of sulfonamides is 1. The van der Waals surface area contributed by atoms with E-state index in [1.807, 2.05) is 6.92 Å². The first-order valence-corrected chi connectivity index (χ1v) is 10.3. The quantitative estimate of drug-likeness (QED) is 0.198. The van der Waals surface area contributed by atoms with Gasteiger partial charge < -0.3 is 15.4 Å². The highest BCUT2D eigenvalue weighted by molar-refractivity contribution is 14.0. The van der Waals surface area contributed by atoms with E-state index in [9.17, 15) is 12.8 Å². The van der Waals surface area contributed by atoms with Gasteiger partial charge in [0.05, 0.1) is 11.4 Å². The van der Waals surface area contributed by atoms with Crippen LogP contribution in [0.4, 0.5) is 4.39 Å². The third kappa shape index (κ3) is 8.96. The van der Waals surface area contributed by atoms with Crippen molar-refractivity contribution >= 4 is 40.0 Å². The molecule has 10 heteroatoms. The third-order valence-corrected chi connectivity index (χ3v) is 5.15. The van der Waals surface area contributed by atoms with Crippen LogP contribution in [-0.2, 0) is 10.0 Å². The first-order chi connectivity index (χ1) is 13.4. The van der Waals surface area contributed by atoms with Gasteiger partial charge in [-0.2, -0.15) is 0 Å². The Balaban J connectivity index is 0.00000420. The highest BCUT2D eigenvalue weighted by atomic mass is 127. The van der Waals surface area contributed by atoms with Gasteiger partial charge in [0.1, 0.15) is 17.7 Å². The molecule has 2 aromatic carbocycles. The van der Waals surface area contributed by atoms with E-state index < -0.39 is 10.0 Å². The fraction of sp³-hybridized carbons (Fsp3) is 0.316. The predicted octanol–water partition coefficient (Wildman–Crippen LogP) is 2.35. The second kappa shape index (κ2) is 12.6. The van der Waals surface area contributed by atoms with Gasteiger partial charge in [-0.1, -0.05) is 24.3 Å². The molecule has 7 nitrogen and oxygen atoms in total. The molecular weight excluding hydrogens is 510 g/mol. The number of benzene rings is 2. The van der Waals surface area contributed by atoms with Crippen LogP contribution in [0.25, 0.3) is 0 Å². The molecule has 29 heavy (non-hydrogen) atoms. The molecule has 0 aromatic heterocycles. The lowest BCUT2D eigenvalue weighted by atomic mass is 10.3. The number of guanidine groups is 1. The van der Waals surface area contributed by atoms with E-state index in [2.05, 4.69) is 20.3 Å². The molecular formula is C19H26FIN4O3S. The van der Waals surface area contributed by atoms with Crippen LogP contribution in [0.5, 0.6) is 5.75 Å². The van der Waals surface area contributed by atoms with Crippen LogP contribution in [0.15, 0.2) is 64.5 Å². The molecule has 0 amide bonds. The Morgan fingerprint density at radius 1 is 1.10 bits per heavy atom. The smallest absolute Gasteiger partial charge is 0.240 e. The van der Waals surface area contributed by atoms with E-state index in [4.69, 9.17) is 4.74 Å². The van der Waals surface area contributed by atoms with E-state index in [0.29, 0.717) is 24.8 Å². The molecule has 0 aliphatic rings. The van der Waals surface area contributed by atoms with Crippen molar-refractivity contribution in [2.24, 2.45) is 4.99 Å². The van der Waals surface area contributed by atoms with E-state index >= 15 is 0 Å². The van der Waals surface area contributed by atoms with E-state index in [0.717, 1.165) is 0 Å².